The van der Waals surface area contributed by atoms with Gasteiger partial charge in [-0.1, -0.05) is 25.2 Å². The SMILES string of the molecule is O=[N+]([O-])c1cccc(C#Cc2cnc3[nH]ccc3c2NC2CCCCC2)n1. The molecule has 0 bridgehead atoms. The highest BCUT2D eigenvalue weighted by molar-refractivity contribution is 5.92. The fourth-order valence-corrected chi connectivity index (χ4v) is 3.44. The summed E-state index contributed by atoms with van der Waals surface area (Å²) in [4.78, 5) is 21.9. The molecule has 0 amide bonds. The lowest BCUT2D eigenvalue weighted by molar-refractivity contribution is -0.389. The number of rotatable bonds is 3. The van der Waals surface area contributed by atoms with E-state index in [1.807, 2.05) is 12.3 Å². The standard InChI is InChI=1S/C20H19N5O2/c26-25(27)18-8-4-7-16(23-18)10-9-14-13-22-20-17(11-12-21-20)19(14)24-15-5-2-1-3-6-15/h4,7-8,11-13,15H,1-3,5-6H2,(H2,21,22,24). The van der Waals surface area contributed by atoms with E-state index in [0.717, 1.165) is 35.1 Å². The summed E-state index contributed by atoms with van der Waals surface area (Å²) in [5.74, 6) is 5.82. The van der Waals surface area contributed by atoms with E-state index in [1.165, 1.54) is 25.3 Å². The molecule has 0 radical (unpaired) electrons. The summed E-state index contributed by atoms with van der Waals surface area (Å²) in [5, 5.41) is 15.5. The number of aromatic nitrogens is 3. The van der Waals surface area contributed by atoms with E-state index in [9.17, 15) is 10.1 Å². The Morgan fingerprint density at radius 3 is 2.85 bits per heavy atom. The molecule has 1 aliphatic rings. The number of H-pyrrole nitrogens is 1. The minimum Gasteiger partial charge on any atom is -0.381 e. The predicted octanol–water partition coefficient (Wildman–Crippen LogP) is 4.01. The minimum atomic E-state index is -0.519. The third kappa shape index (κ3) is 3.75. The third-order valence-electron chi connectivity index (χ3n) is 4.79. The van der Waals surface area contributed by atoms with Gasteiger partial charge in [-0.2, -0.15) is 0 Å². The number of aromatic amines is 1. The van der Waals surface area contributed by atoms with Crippen LogP contribution in [0.1, 0.15) is 43.4 Å². The maximum Gasteiger partial charge on any atom is 0.364 e. The summed E-state index contributed by atoms with van der Waals surface area (Å²) in [6.07, 6.45) is 9.65. The molecule has 3 aromatic rings. The molecule has 1 fully saturated rings. The number of hydrogen-bond acceptors (Lipinski definition) is 5. The van der Waals surface area contributed by atoms with Gasteiger partial charge in [0.15, 0.2) is 0 Å². The lowest BCUT2D eigenvalue weighted by Gasteiger charge is -2.24. The molecular weight excluding hydrogens is 342 g/mol. The van der Waals surface area contributed by atoms with Crippen LogP contribution in [0.4, 0.5) is 11.5 Å². The van der Waals surface area contributed by atoms with E-state index in [1.54, 1.807) is 18.3 Å². The Morgan fingerprint density at radius 2 is 2.04 bits per heavy atom. The van der Waals surface area contributed by atoms with Crippen LogP contribution < -0.4 is 5.32 Å². The van der Waals surface area contributed by atoms with Gasteiger partial charge in [0.05, 0.1) is 11.3 Å². The number of hydrogen-bond donors (Lipinski definition) is 2. The van der Waals surface area contributed by atoms with Crippen LogP contribution in [0, 0.1) is 22.0 Å². The fourth-order valence-electron chi connectivity index (χ4n) is 3.44. The van der Waals surface area contributed by atoms with E-state index in [4.69, 9.17) is 0 Å². The van der Waals surface area contributed by atoms with E-state index in [0.29, 0.717) is 11.7 Å². The maximum absolute atomic E-state index is 10.9. The molecule has 3 aromatic heterocycles. The molecule has 1 aliphatic carbocycles. The highest BCUT2D eigenvalue weighted by Gasteiger charge is 2.17. The number of nitro groups is 1. The predicted molar refractivity (Wildman–Crippen MR) is 103 cm³/mol. The van der Waals surface area contributed by atoms with Crippen LogP contribution in [0.2, 0.25) is 0 Å². The highest BCUT2D eigenvalue weighted by Crippen LogP contribution is 2.29. The molecule has 1 saturated carbocycles. The third-order valence-corrected chi connectivity index (χ3v) is 4.79. The summed E-state index contributed by atoms with van der Waals surface area (Å²) in [5.41, 5.74) is 2.90. The van der Waals surface area contributed by atoms with Crippen molar-refractivity contribution >= 4 is 22.5 Å². The molecule has 7 heteroatoms. The molecule has 3 heterocycles. The molecule has 0 unspecified atom stereocenters. The summed E-state index contributed by atoms with van der Waals surface area (Å²) in [6, 6.07) is 7.02. The molecule has 4 rings (SSSR count). The quantitative estimate of drug-likeness (QED) is 0.417. The molecule has 2 N–H and O–H groups in total. The second kappa shape index (κ2) is 7.46. The van der Waals surface area contributed by atoms with Gasteiger partial charge in [-0.05, 0) is 46.9 Å². The number of anilines is 1. The fraction of sp³-hybridized carbons (Fsp3) is 0.300. The Bertz CT molecular complexity index is 1040. The van der Waals surface area contributed by atoms with Crippen molar-refractivity contribution in [2.24, 2.45) is 0 Å². The van der Waals surface area contributed by atoms with Crippen LogP contribution in [0.3, 0.4) is 0 Å². The van der Waals surface area contributed by atoms with Crippen LogP contribution in [-0.2, 0) is 0 Å². The number of pyridine rings is 2. The van der Waals surface area contributed by atoms with Crippen molar-refractivity contribution in [2.75, 3.05) is 5.32 Å². The van der Waals surface area contributed by atoms with Gasteiger partial charge in [0, 0.05) is 29.9 Å². The first-order valence-corrected chi connectivity index (χ1v) is 9.07. The smallest absolute Gasteiger partial charge is 0.364 e. The summed E-state index contributed by atoms with van der Waals surface area (Å²) in [7, 11) is 0. The second-order valence-corrected chi connectivity index (χ2v) is 6.65. The lowest BCUT2D eigenvalue weighted by atomic mass is 9.95. The van der Waals surface area contributed by atoms with Crippen molar-refractivity contribution in [3.63, 3.8) is 0 Å². The van der Waals surface area contributed by atoms with Crippen molar-refractivity contribution in [2.45, 2.75) is 38.1 Å². The van der Waals surface area contributed by atoms with Crippen LogP contribution in [-0.4, -0.2) is 25.9 Å². The Hall–Kier alpha value is -3.40. The van der Waals surface area contributed by atoms with Crippen molar-refractivity contribution in [1.29, 1.82) is 0 Å². The molecule has 0 aliphatic heterocycles. The van der Waals surface area contributed by atoms with E-state index in [-0.39, 0.29) is 5.82 Å². The number of fused-ring (bicyclic) bond motifs is 1. The Morgan fingerprint density at radius 1 is 1.19 bits per heavy atom. The van der Waals surface area contributed by atoms with Gasteiger partial charge in [0.2, 0.25) is 5.69 Å². The van der Waals surface area contributed by atoms with E-state index >= 15 is 0 Å². The largest absolute Gasteiger partial charge is 0.381 e. The minimum absolute atomic E-state index is 0.207. The van der Waals surface area contributed by atoms with Crippen molar-refractivity contribution in [3.05, 3.63) is 58.0 Å². The molecule has 0 aromatic carbocycles. The van der Waals surface area contributed by atoms with Gasteiger partial charge < -0.3 is 20.4 Å². The zero-order chi connectivity index (χ0) is 18.6. The maximum atomic E-state index is 10.9. The van der Waals surface area contributed by atoms with Crippen LogP contribution in [0.5, 0.6) is 0 Å². The first-order chi connectivity index (χ1) is 13.2. The van der Waals surface area contributed by atoms with Crippen LogP contribution in [0.25, 0.3) is 11.0 Å². The highest BCUT2D eigenvalue weighted by atomic mass is 16.6. The van der Waals surface area contributed by atoms with Gasteiger partial charge in [0.25, 0.3) is 0 Å². The zero-order valence-corrected chi connectivity index (χ0v) is 14.7. The van der Waals surface area contributed by atoms with Crippen LogP contribution >= 0.6 is 0 Å². The van der Waals surface area contributed by atoms with Gasteiger partial charge in [-0.15, -0.1) is 0 Å². The molecule has 0 saturated heterocycles. The first-order valence-electron chi connectivity index (χ1n) is 9.07. The Kier molecular flexibility index (Phi) is 4.71. The van der Waals surface area contributed by atoms with Gasteiger partial charge in [-0.25, -0.2) is 4.98 Å². The Balaban J connectivity index is 1.70. The first kappa shape index (κ1) is 17.0. The molecule has 136 valence electrons. The average Bonchev–Trinajstić information content (AvgIpc) is 3.17. The summed E-state index contributed by atoms with van der Waals surface area (Å²) in [6.45, 7) is 0. The molecular formula is C20H19N5O2. The average molecular weight is 361 g/mol. The molecule has 27 heavy (non-hydrogen) atoms. The van der Waals surface area contributed by atoms with E-state index < -0.39 is 4.92 Å². The molecule has 0 spiro atoms. The zero-order valence-electron chi connectivity index (χ0n) is 14.7. The van der Waals surface area contributed by atoms with Gasteiger partial charge >= 0.3 is 5.82 Å². The van der Waals surface area contributed by atoms with Crippen molar-refractivity contribution in [1.82, 2.24) is 15.0 Å². The lowest BCUT2D eigenvalue weighted by Crippen LogP contribution is -2.22. The van der Waals surface area contributed by atoms with Crippen molar-refractivity contribution < 1.29 is 4.92 Å². The molecule has 7 nitrogen and oxygen atoms in total. The van der Waals surface area contributed by atoms with Gasteiger partial charge in [0.1, 0.15) is 5.65 Å². The topological polar surface area (TPSA) is 96.7 Å². The monoisotopic (exact) mass is 361 g/mol. The Labute approximate surface area is 156 Å². The van der Waals surface area contributed by atoms with Crippen molar-refractivity contribution in [3.8, 4) is 11.8 Å². The van der Waals surface area contributed by atoms with E-state index in [2.05, 4.69) is 32.1 Å². The molecule has 0 atom stereocenters. The summed E-state index contributed by atoms with van der Waals surface area (Å²) >= 11 is 0. The number of nitrogens with one attached hydrogen (secondary N) is 2. The normalized spacial score (nSPS) is 14.5. The second-order valence-electron chi connectivity index (χ2n) is 6.65. The summed E-state index contributed by atoms with van der Waals surface area (Å²) < 4.78 is 0. The van der Waals surface area contributed by atoms with Gasteiger partial charge in [-0.3, -0.25) is 0 Å². The van der Waals surface area contributed by atoms with Crippen LogP contribution in [0.15, 0.2) is 36.7 Å². The number of nitrogens with zero attached hydrogens (tertiary/aromatic N) is 3.